The summed E-state index contributed by atoms with van der Waals surface area (Å²) in [7, 11) is -3.59. The van der Waals surface area contributed by atoms with Gasteiger partial charge >= 0.3 is 7.60 Å². The molecule has 5 heteroatoms. The van der Waals surface area contributed by atoms with Crippen molar-refractivity contribution < 1.29 is 13.3 Å². The maximum absolute atomic E-state index is 12.0. The minimum absolute atomic E-state index is 0.482. The Balaban J connectivity index is 4.69. The largest absolute Gasteiger partial charge is 0.350 e. The Morgan fingerprint density at radius 1 is 1.46 bits per heavy atom. The van der Waals surface area contributed by atoms with E-state index in [1.165, 1.54) is 7.11 Å². The van der Waals surface area contributed by atoms with Crippen LogP contribution in [0.4, 0.5) is 0 Å². The summed E-state index contributed by atoms with van der Waals surface area (Å²) in [6.45, 7) is 7.51. The molecule has 0 saturated carbocycles. The zero-order chi connectivity index (χ0) is 10.7. The highest BCUT2D eigenvalue weighted by Crippen LogP contribution is 2.53. The lowest BCUT2D eigenvalue weighted by molar-refractivity contribution is 0.316. The van der Waals surface area contributed by atoms with Crippen LogP contribution in [0.25, 0.3) is 0 Å². The molecule has 0 unspecified atom stereocenters. The monoisotopic (exact) mass is 220 g/mol. The van der Waals surface area contributed by atoms with Gasteiger partial charge in [-0.1, -0.05) is 5.92 Å². The highest BCUT2D eigenvalue weighted by Gasteiger charge is 2.35. The van der Waals surface area contributed by atoms with E-state index < -0.39 is 21.6 Å². The molecule has 0 radical (unpaired) electrons. The molecule has 0 aliphatic heterocycles. The van der Waals surface area contributed by atoms with Crippen molar-refractivity contribution in [3.8, 4) is 12.3 Å². The van der Waals surface area contributed by atoms with Gasteiger partial charge in [0.25, 0.3) is 0 Å². The fourth-order valence-corrected chi connectivity index (χ4v) is 5.23. The van der Waals surface area contributed by atoms with Crippen molar-refractivity contribution in [2.24, 2.45) is 0 Å². The number of terminal acetylenes is 1. The molecule has 76 valence electrons. The second-order valence-corrected chi connectivity index (χ2v) is 10.9. The number of hydrogen-bond donors (Lipinski definition) is 0. The summed E-state index contributed by atoms with van der Waals surface area (Å²) in [4.78, 5) is 0. The summed E-state index contributed by atoms with van der Waals surface area (Å²) in [5.74, 6) is 2.39. The lowest BCUT2D eigenvalue weighted by Crippen LogP contribution is -2.26. The minimum Gasteiger partial charge on any atom is -0.350 e. The Kier molecular flexibility index (Phi) is 4.41. The summed E-state index contributed by atoms with van der Waals surface area (Å²) >= 11 is 0. The maximum Gasteiger partial charge on any atom is 0.335 e. The van der Waals surface area contributed by atoms with Crippen LogP contribution in [0.15, 0.2) is 0 Å². The van der Waals surface area contributed by atoms with Crippen LogP contribution in [-0.2, 0) is 13.3 Å². The molecule has 13 heavy (non-hydrogen) atoms. The average Bonchev–Trinajstić information content (AvgIpc) is 1.99. The first-order valence-corrected chi connectivity index (χ1v) is 9.09. The van der Waals surface area contributed by atoms with Gasteiger partial charge in [-0.15, -0.1) is 6.42 Å². The van der Waals surface area contributed by atoms with Crippen molar-refractivity contribution in [1.29, 1.82) is 0 Å². The van der Waals surface area contributed by atoms with Gasteiger partial charge in [0, 0.05) is 7.11 Å². The molecule has 0 N–H and O–H groups in total. The molecule has 0 spiro atoms. The van der Waals surface area contributed by atoms with Gasteiger partial charge in [0.2, 0.25) is 0 Å². The second kappa shape index (κ2) is 4.43. The third-order valence-corrected chi connectivity index (χ3v) is 6.19. The molecule has 2 atom stereocenters. The van der Waals surface area contributed by atoms with E-state index in [1.54, 1.807) is 6.92 Å². The Morgan fingerprint density at radius 3 is 2.15 bits per heavy atom. The van der Waals surface area contributed by atoms with Crippen LogP contribution in [0.5, 0.6) is 0 Å². The van der Waals surface area contributed by atoms with Crippen LogP contribution < -0.4 is 0 Å². The van der Waals surface area contributed by atoms with Crippen molar-refractivity contribution in [3.63, 3.8) is 0 Å². The van der Waals surface area contributed by atoms with E-state index in [0.29, 0.717) is 0 Å². The third kappa shape index (κ3) is 4.10. The zero-order valence-corrected chi connectivity index (χ0v) is 10.7. The summed E-state index contributed by atoms with van der Waals surface area (Å²) in [5, 5.41) is 0. The van der Waals surface area contributed by atoms with Crippen molar-refractivity contribution in [2.75, 3.05) is 7.11 Å². The molecule has 0 aromatic carbocycles. The molecule has 0 heterocycles. The maximum atomic E-state index is 12.0. The van der Waals surface area contributed by atoms with Crippen LogP contribution in [0.3, 0.4) is 0 Å². The van der Waals surface area contributed by atoms with E-state index in [1.807, 2.05) is 19.6 Å². The van der Waals surface area contributed by atoms with E-state index in [9.17, 15) is 4.57 Å². The van der Waals surface area contributed by atoms with E-state index in [-0.39, 0.29) is 0 Å². The lowest BCUT2D eigenvalue weighted by atomic mass is 10.5. The van der Waals surface area contributed by atoms with Crippen LogP contribution in [0.1, 0.15) is 6.92 Å². The smallest absolute Gasteiger partial charge is 0.335 e. The van der Waals surface area contributed by atoms with Crippen LogP contribution in [0.2, 0.25) is 19.6 Å². The van der Waals surface area contributed by atoms with Gasteiger partial charge in [-0.05, 0) is 26.6 Å². The van der Waals surface area contributed by atoms with Crippen molar-refractivity contribution in [1.82, 2.24) is 0 Å². The van der Waals surface area contributed by atoms with Gasteiger partial charge in [-0.2, -0.15) is 0 Å². The molecular weight excluding hydrogens is 203 g/mol. The first-order valence-electron chi connectivity index (χ1n) is 4.07. The molecule has 0 aliphatic carbocycles. The van der Waals surface area contributed by atoms with Crippen LogP contribution in [0, 0.1) is 12.3 Å². The highest BCUT2D eigenvalue weighted by molar-refractivity contribution is 7.56. The zero-order valence-electron chi connectivity index (χ0n) is 8.83. The van der Waals surface area contributed by atoms with Gasteiger partial charge in [0.05, 0.1) is 0 Å². The molecule has 0 aromatic heterocycles. The lowest BCUT2D eigenvalue weighted by Gasteiger charge is -2.26. The predicted octanol–water partition coefficient (Wildman–Crippen LogP) is 2.70. The Bertz CT molecular complexity index is 251. The standard InChI is InChI=1S/C8H17O3PSi/c1-7-8(2)12(9,10-3)11-13(4,5)6/h1,8H,2-6H3/t8-,12-/m0/s1. The van der Waals surface area contributed by atoms with Gasteiger partial charge in [-0.3, -0.25) is 4.57 Å². The highest BCUT2D eigenvalue weighted by atomic mass is 31.2. The topological polar surface area (TPSA) is 35.5 Å². The average molecular weight is 220 g/mol. The number of rotatable bonds is 4. The summed E-state index contributed by atoms with van der Waals surface area (Å²) in [5.41, 5.74) is -0.482. The Labute approximate surface area is 81.5 Å². The molecule has 3 nitrogen and oxygen atoms in total. The predicted molar refractivity (Wildman–Crippen MR) is 57.3 cm³/mol. The number of hydrogen-bond acceptors (Lipinski definition) is 3. The van der Waals surface area contributed by atoms with E-state index in [2.05, 4.69) is 5.92 Å². The Morgan fingerprint density at radius 2 is 1.92 bits per heavy atom. The fourth-order valence-electron chi connectivity index (χ4n) is 0.747. The second-order valence-electron chi connectivity index (χ2n) is 3.77. The van der Waals surface area contributed by atoms with Crippen molar-refractivity contribution in [3.05, 3.63) is 0 Å². The summed E-state index contributed by atoms with van der Waals surface area (Å²) in [6, 6.07) is 0. The van der Waals surface area contributed by atoms with Crippen LogP contribution >= 0.6 is 7.60 Å². The molecule has 0 amide bonds. The van der Waals surface area contributed by atoms with Gasteiger partial charge in [-0.25, -0.2) is 0 Å². The van der Waals surface area contributed by atoms with Gasteiger partial charge in [0.15, 0.2) is 8.32 Å². The molecule has 0 aliphatic rings. The third-order valence-electron chi connectivity index (χ3n) is 1.37. The molecule has 0 rings (SSSR count). The minimum atomic E-state index is -3.09. The van der Waals surface area contributed by atoms with E-state index in [4.69, 9.17) is 15.2 Å². The van der Waals surface area contributed by atoms with E-state index >= 15 is 0 Å². The normalized spacial score (nSPS) is 18.8. The SMILES string of the molecule is C#C[C@H](C)[P@](=O)(OC)O[Si](C)(C)C. The summed E-state index contributed by atoms with van der Waals surface area (Å²) < 4.78 is 22.3. The van der Waals surface area contributed by atoms with Crippen LogP contribution in [-0.4, -0.2) is 21.1 Å². The van der Waals surface area contributed by atoms with Gasteiger partial charge < -0.3 is 8.74 Å². The van der Waals surface area contributed by atoms with Crippen molar-refractivity contribution in [2.45, 2.75) is 32.2 Å². The quantitative estimate of drug-likeness (QED) is 0.415. The molecule has 0 bridgehead atoms. The fraction of sp³-hybridized carbons (Fsp3) is 0.750. The van der Waals surface area contributed by atoms with E-state index in [0.717, 1.165) is 0 Å². The molecular formula is C8H17O3PSi. The molecule has 0 aromatic rings. The van der Waals surface area contributed by atoms with Gasteiger partial charge in [0.1, 0.15) is 5.66 Å². The first-order chi connectivity index (χ1) is 5.75. The van der Waals surface area contributed by atoms with Crippen molar-refractivity contribution >= 4 is 15.9 Å². The first kappa shape index (κ1) is 12.9. The Hall–Kier alpha value is -0.0731. The summed E-state index contributed by atoms with van der Waals surface area (Å²) in [6.07, 6.45) is 5.19. The molecule has 0 saturated heterocycles. The molecule has 0 fully saturated rings.